The summed E-state index contributed by atoms with van der Waals surface area (Å²) in [7, 11) is -3.63. The molecule has 0 aliphatic heterocycles. The lowest BCUT2D eigenvalue weighted by Crippen LogP contribution is -2.41. The van der Waals surface area contributed by atoms with Crippen LogP contribution in [-0.4, -0.2) is 27.1 Å². The van der Waals surface area contributed by atoms with Crippen LogP contribution in [0, 0.1) is 19.7 Å². The second-order valence-corrected chi connectivity index (χ2v) is 8.29. The van der Waals surface area contributed by atoms with Gasteiger partial charge in [-0.2, -0.15) is 0 Å². The standard InChI is InChI=1S/C19H23FN2O3S/c1-13-5-10-18(11-14(13)2)22(26(4,24)25)12-19(23)21-15(3)16-6-8-17(20)9-7-16/h5-11,15H,12H2,1-4H3,(H,21,23)/t15-/m1/s1. The maximum absolute atomic E-state index is 13.0. The second-order valence-electron chi connectivity index (χ2n) is 6.38. The fraction of sp³-hybridized carbons (Fsp3) is 0.316. The highest BCUT2D eigenvalue weighted by Gasteiger charge is 2.22. The number of sulfonamides is 1. The van der Waals surface area contributed by atoms with Crippen molar-refractivity contribution < 1.29 is 17.6 Å². The molecule has 0 heterocycles. The molecule has 26 heavy (non-hydrogen) atoms. The van der Waals surface area contributed by atoms with Crippen molar-refractivity contribution in [2.24, 2.45) is 0 Å². The Morgan fingerprint density at radius 3 is 2.27 bits per heavy atom. The van der Waals surface area contributed by atoms with Gasteiger partial charge in [-0.15, -0.1) is 0 Å². The molecule has 0 radical (unpaired) electrons. The highest BCUT2D eigenvalue weighted by atomic mass is 32.2. The van der Waals surface area contributed by atoms with E-state index in [9.17, 15) is 17.6 Å². The molecule has 0 fully saturated rings. The van der Waals surface area contributed by atoms with Gasteiger partial charge in [0, 0.05) is 0 Å². The van der Waals surface area contributed by atoms with Crippen molar-refractivity contribution in [2.75, 3.05) is 17.1 Å². The fourth-order valence-electron chi connectivity index (χ4n) is 2.53. The Bertz CT molecular complexity index is 896. The van der Waals surface area contributed by atoms with Gasteiger partial charge >= 0.3 is 0 Å². The first kappa shape index (κ1) is 19.9. The molecular weight excluding hydrogens is 355 g/mol. The summed E-state index contributed by atoms with van der Waals surface area (Å²) in [6.07, 6.45) is 1.07. The molecule has 140 valence electrons. The summed E-state index contributed by atoms with van der Waals surface area (Å²) in [6.45, 7) is 5.25. The number of benzene rings is 2. The van der Waals surface area contributed by atoms with Crippen molar-refractivity contribution in [3.8, 4) is 0 Å². The lowest BCUT2D eigenvalue weighted by molar-refractivity contribution is -0.120. The summed E-state index contributed by atoms with van der Waals surface area (Å²) >= 11 is 0. The number of rotatable bonds is 6. The van der Waals surface area contributed by atoms with E-state index in [1.807, 2.05) is 19.9 Å². The zero-order valence-electron chi connectivity index (χ0n) is 15.3. The quantitative estimate of drug-likeness (QED) is 0.840. The van der Waals surface area contributed by atoms with Gasteiger partial charge in [-0.1, -0.05) is 18.2 Å². The van der Waals surface area contributed by atoms with Crippen molar-refractivity contribution in [3.63, 3.8) is 0 Å². The van der Waals surface area contributed by atoms with Crippen LogP contribution in [0.15, 0.2) is 42.5 Å². The lowest BCUT2D eigenvalue weighted by atomic mass is 10.1. The van der Waals surface area contributed by atoms with Crippen LogP contribution < -0.4 is 9.62 Å². The van der Waals surface area contributed by atoms with Crippen LogP contribution in [0.5, 0.6) is 0 Å². The van der Waals surface area contributed by atoms with E-state index in [0.29, 0.717) is 5.69 Å². The Morgan fingerprint density at radius 1 is 1.12 bits per heavy atom. The minimum Gasteiger partial charge on any atom is -0.348 e. The third-order valence-electron chi connectivity index (χ3n) is 4.21. The van der Waals surface area contributed by atoms with Gasteiger partial charge < -0.3 is 5.32 Å². The van der Waals surface area contributed by atoms with E-state index in [0.717, 1.165) is 27.3 Å². The Morgan fingerprint density at radius 2 is 1.73 bits per heavy atom. The molecule has 0 saturated heterocycles. The molecule has 0 bridgehead atoms. The zero-order chi connectivity index (χ0) is 19.5. The van der Waals surface area contributed by atoms with Crippen molar-refractivity contribution in [1.82, 2.24) is 5.32 Å². The van der Waals surface area contributed by atoms with Crippen LogP contribution in [0.25, 0.3) is 0 Å². The smallest absolute Gasteiger partial charge is 0.241 e. The lowest BCUT2D eigenvalue weighted by Gasteiger charge is -2.24. The van der Waals surface area contributed by atoms with Gasteiger partial charge in [0.05, 0.1) is 18.0 Å². The van der Waals surface area contributed by atoms with Gasteiger partial charge in [0.2, 0.25) is 15.9 Å². The number of carbonyl (C=O) groups is 1. The van der Waals surface area contributed by atoms with Gasteiger partial charge in [-0.25, -0.2) is 12.8 Å². The number of amides is 1. The Kier molecular flexibility index (Phi) is 6.02. The number of anilines is 1. The van der Waals surface area contributed by atoms with Crippen molar-refractivity contribution in [1.29, 1.82) is 0 Å². The summed E-state index contributed by atoms with van der Waals surface area (Å²) in [5, 5.41) is 2.75. The highest BCUT2D eigenvalue weighted by molar-refractivity contribution is 7.92. The minimum absolute atomic E-state index is 0.327. The summed E-state index contributed by atoms with van der Waals surface area (Å²) in [5.41, 5.74) is 3.16. The monoisotopic (exact) mass is 378 g/mol. The summed E-state index contributed by atoms with van der Waals surface area (Å²) in [4.78, 5) is 12.4. The largest absolute Gasteiger partial charge is 0.348 e. The van der Waals surface area contributed by atoms with Crippen LogP contribution in [0.4, 0.5) is 10.1 Å². The summed E-state index contributed by atoms with van der Waals surface area (Å²) in [5.74, 6) is -0.796. The summed E-state index contributed by atoms with van der Waals surface area (Å²) in [6, 6.07) is 10.7. The first-order valence-electron chi connectivity index (χ1n) is 8.17. The molecule has 2 aromatic carbocycles. The first-order valence-corrected chi connectivity index (χ1v) is 10.0. The molecule has 1 N–H and O–H groups in total. The van der Waals surface area contributed by atoms with Crippen LogP contribution in [0.3, 0.4) is 0 Å². The maximum atomic E-state index is 13.0. The molecule has 2 aromatic rings. The molecule has 0 saturated carbocycles. The van der Waals surface area contributed by atoms with Crippen molar-refractivity contribution >= 4 is 21.6 Å². The number of halogens is 1. The van der Waals surface area contributed by atoms with Gasteiger partial charge in [0.25, 0.3) is 0 Å². The van der Waals surface area contributed by atoms with Crippen molar-refractivity contribution in [2.45, 2.75) is 26.8 Å². The van der Waals surface area contributed by atoms with E-state index in [4.69, 9.17) is 0 Å². The number of aryl methyl sites for hydroxylation is 2. The number of nitrogens with zero attached hydrogens (tertiary/aromatic N) is 1. The topological polar surface area (TPSA) is 66.5 Å². The Hall–Kier alpha value is -2.41. The normalized spacial score (nSPS) is 12.5. The second kappa shape index (κ2) is 7.86. The zero-order valence-corrected chi connectivity index (χ0v) is 16.1. The van der Waals surface area contributed by atoms with Gasteiger partial charge in [0.15, 0.2) is 0 Å². The molecule has 0 aromatic heterocycles. The highest BCUT2D eigenvalue weighted by Crippen LogP contribution is 2.21. The third-order valence-corrected chi connectivity index (χ3v) is 5.35. The average molecular weight is 378 g/mol. The number of hydrogen-bond donors (Lipinski definition) is 1. The number of hydrogen-bond acceptors (Lipinski definition) is 3. The predicted molar refractivity (Wildman–Crippen MR) is 101 cm³/mol. The van der Waals surface area contributed by atoms with E-state index in [2.05, 4.69) is 5.32 Å². The fourth-order valence-corrected chi connectivity index (χ4v) is 3.38. The van der Waals surface area contributed by atoms with Crippen LogP contribution >= 0.6 is 0 Å². The average Bonchev–Trinajstić information content (AvgIpc) is 2.55. The molecule has 0 unspecified atom stereocenters. The summed E-state index contributed by atoms with van der Waals surface area (Å²) < 4.78 is 38.4. The van der Waals surface area contributed by atoms with E-state index >= 15 is 0 Å². The van der Waals surface area contributed by atoms with E-state index in [1.54, 1.807) is 31.2 Å². The van der Waals surface area contributed by atoms with Crippen molar-refractivity contribution in [3.05, 3.63) is 65.0 Å². The third kappa shape index (κ3) is 5.05. The molecule has 5 nitrogen and oxygen atoms in total. The van der Waals surface area contributed by atoms with Gasteiger partial charge in [-0.05, 0) is 61.7 Å². The number of nitrogens with one attached hydrogen (secondary N) is 1. The SMILES string of the molecule is Cc1ccc(N(CC(=O)N[C@H](C)c2ccc(F)cc2)S(C)(=O)=O)cc1C. The minimum atomic E-state index is -3.63. The van der Waals surface area contributed by atoms with E-state index in [1.165, 1.54) is 12.1 Å². The van der Waals surface area contributed by atoms with Gasteiger partial charge in [-0.3, -0.25) is 9.10 Å². The van der Waals surface area contributed by atoms with E-state index in [-0.39, 0.29) is 18.4 Å². The van der Waals surface area contributed by atoms with Crippen LogP contribution in [0.1, 0.15) is 29.7 Å². The number of carbonyl (C=O) groups excluding carboxylic acids is 1. The first-order chi connectivity index (χ1) is 12.1. The molecule has 2 rings (SSSR count). The van der Waals surface area contributed by atoms with E-state index < -0.39 is 15.9 Å². The molecule has 1 atom stereocenters. The molecule has 0 aliphatic carbocycles. The molecule has 0 aliphatic rings. The van der Waals surface area contributed by atoms with Gasteiger partial charge in [0.1, 0.15) is 12.4 Å². The molecular formula is C19H23FN2O3S. The molecule has 1 amide bonds. The molecule has 0 spiro atoms. The maximum Gasteiger partial charge on any atom is 0.241 e. The Labute approximate surface area is 153 Å². The Balaban J connectivity index is 2.16. The van der Waals surface area contributed by atoms with Crippen LogP contribution in [-0.2, 0) is 14.8 Å². The predicted octanol–water partition coefficient (Wildman–Crippen LogP) is 3.09. The molecule has 7 heteroatoms. The van der Waals surface area contributed by atoms with Crippen LogP contribution in [0.2, 0.25) is 0 Å².